The van der Waals surface area contributed by atoms with Gasteiger partial charge in [-0.25, -0.2) is 0 Å². The van der Waals surface area contributed by atoms with Gasteiger partial charge in [0.15, 0.2) is 0 Å². The van der Waals surface area contributed by atoms with Gasteiger partial charge in [0.1, 0.15) is 5.75 Å². The summed E-state index contributed by atoms with van der Waals surface area (Å²) >= 11 is 12.9. The summed E-state index contributed by atoms with van der Waals surface area (Å²) in [5, 5.41) is 2.47. The molecule has 0 bridgehead atoms. The third-order valence-corrected chi connectivity index (χ3v) is 6.83. The molecule has 1 unspecified atom stereocenters. The van der Waals surface area contributed by atoms with E-state index in [1.807, 2.05) is 0 Å². The third kappa shape index (κ3) is 4.49. The smallest absolute Gasteiger partial charge is 0.124 e. The summed E-state index contributed by atoms with van der Waals surface area (Å²) in [5.41, 5.74) is 5.46. The van der Waals surface area contributed by atoms with Crippen molar-refractivity contribution in [2.24, 2.45) is 0 Å². The number of hydrogen-bond acceptors (Lipinski definition) is 1. The first-order valence-corrected chi connectivity index (χ1v) is 12.7. The molecule has 32 heavy (non-hydrogen) atoms. The van der Waals surface area contributed by atoms with Crippen molar-refractivity contribution in [1.29, 1.82) is 0 Å². The molecule has 4 heteroatoms. The predicted molar refractivity (Wildman–Crippen MR) is 139 cm³/mol. The minimum absolute atomic E-state index is 0.200. The van der Waals surface area contributed by atoms with Gasteiger partial charge >= 0.3 is 0 Å². The molecule has 0 saturated carbocycles. The molecule has 4 rings (SSSR count). The highest BCUT2D eigenvalue weighted by Gasteiger charge is 2.18. The van der Waals surface area contributed by atoms with Crippen LogP contribution in [0.1, 0.15) is 57.1 Å². The van der Waals surface area contributed by atoms with Gasteiger partial charge in [0.25, 0.3) is 0 Å². The summed E-state index contributed by atoms with van der Waals surface area (Å²) in [5.74, 6) is 1.67. The van der Waals surface area contributed by atoms with E-state index in [9.17, 15) is 0 Å². The van der Waals surface area contributed by atoms with Crippen molar-refractivity contribution in [3.63, 3.8) is 0 Å². The fraction of sp³-hybridized carbons (Fsp3) is 0.357. The van der Waals surface area contributed by atoms with E-state index in [-0.39, 0.29) is 6.10 Å². The molecule has 0 aliphatic heterocycles. The number of alkyl halides is 2. The lowest BCUT2D eigenvalue weighted by Gasteiger charge is -2.22. The largest absolute Gasteiger partial charge is 0.490 e. The SMILES string of the molecule is CCCCCC(CC)Oc1cc(CCl)c(-n2c3ccccc3c3ccccc32)cc1CCl. The van der Waals surface area contributed by atoms with Crippen molar-refractivity contribution in [3.8, 4) is 11.4 Å². The molecule has 0 radical (unpaired) electrons. The maximum absolute atomic E-state index is 6.49. The number of benzene rings is 3. The molecule has 0 spiro atoms. The number of para-hydroxylation sites is 2. The van der Waals surface area contributed by atoms with Gasteiger partial charge in [-0.15, -0.1) is 23.2 Å². The average Bonchev–Trinajstić information content (AvgIpc) is 3.17. The Labute approximate surface area is 201 Å². The fourth-order valence-electron chi connectivity index (χ4n) is 4.51. The Balaban J connectivity index is 1.83. The van der Waals surface area contributed by atoms with Gasteiger partial charge in [-0.2, -0.15) is 0 Å². The molecule has 3 aromatic carbocycles. The Hall–Kier alpha value is -2.16. The monoisotopic (exact) mass is 467 g/mol. The molecule has 2 nitrogen and oxygen atoms in total. The van der Waals surface area contributed by atoms with Crippen LogP contribution in [0.15, 0.2) is 60.7 Å². The Bertz CT molecular complexity index is 1140. The lowest BCUT2D eigenvalue weighted by Crippen LogP contribution is -2.16. The summed E-state index contributed by atoms with van der Waals surface area (Å²) in [6.07, 6.45) is 5.89. The van der Waals surface area contributed by atoms with Crippen LogP contribution in [0.2, 0.25) is 0 Å². The van der Waals surface area contributed by atoms with Crippen LogP contribution in [-0.2, 0) is 11.8 Å². The molecule has 1 heterocycles. The van der Waals surface area contributed by atoms with E-state index in [1.54, 1.807) is 0 Å². The fourth-order valence-corrected chi connectivity index (χ4v) is 4.94. The zero-order valence-corrected chi connectivity index (χ0v) is 20.4. The molecule has 0 fully saturated rings. The zero-order valence-electron chi connectivity index (χ0n) is 18.9. The third-order valence-electron chi connectivity index (χ3n) is 6.25. The van der Waals surface area contributed by atoms with Crippen molar-refractivity contribution in [2.45, 2.75) is 63.8 Å². The van der Waals surface area contributed by atoms with E-state index in [1.165, 1.54) is 41.1 Å². The Kier molecular flexibility index (Phi) is 7.65. The van der Waals surface area contributed by atoms with Gasteiger partial charge in [-0.1, -0.05) is 63.1 Å². The topological polar surface area (TPSA) is 14.2 Å². The number of halogens is 2. The van der Waals surface area contributed by atoms with E-state index in [0.717, 1.165) is 35.4 Å². The highest BCUT2D eigenvalue weighted by atomic mass is 35.5. The van der Waals surface area contributed by atoms with Crippen LogP contribution < -0.4 is 4.74 Å². The number of nitrogens with zero attached hydrogens (tertiary/aromatic N) is 1. The van der Waals surface area contributed by atoms with Crippen LogP contribution in [0.5, 0.6) is 5.75 Å². The Morgan fingerprint density at radius 2 is 1.44 bits per heavy atom. The molecule has 0 amide bonds. The first kappa shape index (κ1) is 23.0. The van der Waals surface area contributed by atoms with Crippen LogP contribution in [-0.4, -0.2) is 10.7 Å². The summed E-state index contributed by atoms with van der Waals surface area (Å²) in [6.45, 7) is 4.42. The Morgan fingerprint density at radius 3 is 2.00 bits per heavy atom. The second kappa shape index (κ2) is 10.6. The maximum atomic E-state index is 6.49. The summed E-state index contributed by atoms with van der Waals surface area (Å²) in [6, 6.07) is 21.3. The minimum atomic E-state index is 0.200. The van der Waals surface area contributed by atoms with Crippen molar-refractivity contribution >= 4 is 45.0 Å². The van der Waals surface area contributed by atoms with Crippen LogP contribution in [0.4, 0.5) is 0 Å². The van der Waals surface area contributed by atoms with Crippen LogP contribution in [0.3, 0.4) is 0 Å². The van der Waals surface area contributed by atoms with Gasteiger partial charge in [0, 0.05) is 22.2 Å². The van der Waals surface area contributed by atoms with E-state index in [0.29, 0.717) is 11.8 Å². The summed E-state index contributed by atoms with van der Waals surface area (Å²) in [4.78, 5) is 0. The Morgan fingerprint density at radius 1 is 0.812 bits per heavy atom. The standard InChI is InChI=1S/C28H31Cl2NO/c1-3-5-6-11-22(4-2)32-28-17-20(18-29)27(16-21(28)19-30)31-25-14-9-7-12-23(25)24-13-8-10-15-26(24)31/h7-10,12-17,22H,3-6,11,18-19H2,1-2H3. The molecule has 1 aromatic heterocycles. The van der Waals surface area contributed by atoms with Crippen molar-refractivity contribution in [1.82, 2.24) is 4.57 Å². The van der Waals surface area contributed by atoms with Crippen molar-refractivity contribution in [2.75, 3.05) is 0 Å². The number of rotatable bonds is 10. The van der Waals surface area contributed by atoms with E-state index in [2.05, 4.69) is 79.1 Å². The van der Waals surface area contributed by atoms with Crippen molar-refractivity contribution < 1.29 is 4.74 Å². The molecule has 0 saturated heterocycles. The van der Waals surface area contributed by atoms with E-state index < -0.39 is 0 Å². The van der Waals surface area contributed by atoms with Crippen LogP contribution >= 0.6 is 23.2 Å². The number of hydrogen-bond donors (Lipinski definition) is 0. The van der Waals surface area contributed by atoms with E-state index in [4.69, 9.17) is 27.9 Å². The number of aromatic nitrogens is 1. The lowest BCUT2D eigenvalue weighted by molar-refractivity contribution is 0.181. The molecule has 0 N–H and O–H groups in total. The minimum Gasteiger partial charge on any atom is -0.490 e. The highest BCUT2D eigenvalue weighted by Crippen LogP contribution is 2.36. The molecule has 168 valence electrons. The summed E-state index contributed by atoms with van der Waals surface area (Å²) < 4.78 is 8.78. The molecule has 1 atom stereocenters. The number of unbranched alkanes of at least 4 members (excludes halogenated alkanes) is 2. The average molecular weight is 468 g/mol. The highest BCUT2D eigenvalue weighted by molar-refractivity contribution is 6.18. The van der Waals surface area contributed by atoms with Gasteiger partial charge in [0.05, 0.1) is 28.7 Å². The second-order valence-electron chi connectivity index (χ2n) is 8.37. The molecular formula is C28H31Cl2NO. The van der Waals surface area contributed by atoms with Gasteiger partial charge in [-0.3, -0.25) is 0 Å². The van der Waals surface area contributed by atoms with Crippen molar-refractivity contribution in [3.05, 3.63) is 71.8 Å². The van der Waals surface area contributed by atoms with Crippen LogP contribution in [0.25, 0.3) is 27.5 Å². The van der Waals surface area contributed by atoms with E-state index >= 15 is 0 Å². The van der Waals surface area contributed by atoms with Gasteiger partial charge in [0.2, 0.25) is 0 Å². The molecule has 0 aliphatic carbocycles. The van der Waals surface area contributed by atoms with Gasteiger partial charge in [-0.05, 0) is 49.1 Å². The van der Waals surface area contributed by atoms with Gasteiger partial charge < -0.3 is 9.30 Å². The molecule has 4 aromatic rings. The second-order valence-corrected chi connectivity index (χ2v) is 8.90. The summed E-state index contributed by atoms with van der Waals surface area (Å²) in [7, 11) is 0. The van der Waals surface area contributed by atoms with Crippen LogP contribution in [0, 0.1) is 0 Å². The number of ether oxygens (including phenoxy) is 1. The first-order valence-electron chi connectivity index (χ1n) is 11.6. The molecule has 0 aliphatic rings. The quantitative estimate of drug-likeness (QED) is 0.167. The number of fused-ring (bicyclic) bond motifs is 3. The zero-order chi connectivity index (χ0) is 22.5. The lowest BCUT2D eigenvalue weighted by atomic mass is 10.1. The molecular weight excluding hydrogens is 437 g/mol. The maximum Gasteiger partial charge on any atom is 0.124 e. The normalized spacial score (nSPS) is 12.5. The first-order chi connectivity index (χ1) is 15.7. The predicted octanol–water partition coefficient (Wildman–Crippen LogP) is 9.00.